The molecule has 0 aliphatic rings. The zero-order valence-electron chi connectivity index (χ0n) is 7.98. The van der Waals surface area contributed by atoms with Gasteiger partial charge in [-0.1, -0.05) is 0 Å². The van der Waals surface area contributed by atoms with E-state index in [2.05, 4.69) is 10.2 Å². The van der Waals surface area contributed by atoms with Crippen LogP contribution in [0, 0.1) is 23.3 Å². The first-order chi connectivity index (χ1) is 8.04. The highest BCUT2D eigenvalue weighted by Crippen LogP contribution is 2.27. The minimum Gasteiger partial charge on any atom is -0.419 e. The molecule has 2 rings (SSSR count). The Hall–Kier alpha value is -1.63. The minimum atomic E-state index is -1.94. The van der Waals surface area contributed by atoms with Crippen LogP contribution in [0.25, 0.3) is 11.5 Å². The molecular formula is C9H3ClF4N2O. The van der Waals surface area contributed by atoms with Crippen LogP contribution in [0.2, 0.25) is 0 Å². The molecule has 2 aromatic rings. The maximum absolute atomic E-state index is 13.3. The first-order valence-electron chi connectivity index (χ1n) is 4.26. The Balaban J connectivity index is 2.59. The van der Waals surface area contributed by atoms with Crippen LogP contribution in [0.5, 0.6) is 0 Å². The van der Waals surface area contributed by atoms with Crippen LogP contribution in [0.15, 0.2) is 10.5 Å². The Morgan fingerprint density at radius 1 is 1.06 bits per heavy atom. The van der Waals surface area contributed by atoms with Crippen molar-refractivity contribution in [2.24, 2.45) is 0 Å². The van der Waals surface area contributed by atoms with Crippen LogP contribution in [-0.2, 0) is 5.88 Å². The van der Waals surface area contributed by atoms with E-state index < -0.39 is 34.7 Å². The molecule has 3 nitrogen and oxygen atoms in total. The van der Waals surface area contributed by atoms with Crippen LogP contribution in [0.4, 0.5) is 17.6 Å². The Labute approximate surface area is 97.0 Å². The number of benzene rings is 1. The third-order valence-electron chi connectivity index (χ3n) is 1.91. The second-order valence-corrected chi connectivity index (χ2v) is 3.25. The molecule has 1 heterocycles. The third-order valence-corrected chi connectivity index (χ3v) is 2.14. The molecule has 0 aliphatic carbocycles. The lowest BCUT2D eigenvalue weighted by atomic mass is 10.2. The number of hydrogen-bond acceptors (Lipinski definition) is 3. The van der Waals surface area contributed by atoms with E-state index in [0.717, 1.165) is 0 Å². The van der Waals surface area contributed by atoms with Gasteiger partial charge in [0, 0.05) is 0 Å². The average molecular weight is 267 g/mol. The number of halogens is 5. The van der Waals surface area contributed by atoms with Gasteiger partial charge in [-0.25, -0.2) is 17.6 Å². The van der Waals surface area contributed by atoms with E-state index >= 15 is 0 Å². The van der Waals surface area contributed by atoms with Crippen LogP contribution < -0.4 is 0 Å². The number of nitrogens with zero attached hydrogens (tertiary/aromatic N) is 2. The van der Waals surface area contributed by atoms with E-state index in [4.69, 9.17) is 16.0 Å². The van der Waals surface area contributed by atoms with Gasteiger partial charge in [0.2, 0.25) is 5.89 Å². The zero-order valence-corrected chi connectivity index (χ0v) is 8.73. The maximum Gasteiger partial charge on any atom is 0.250 e. The fourth-order valence-corrected chi connectivity index (χ4v) is 1.25. The summed E-state index contributed by atoms with van der Waals surface area (Å²) in [5.74, 6) is -7.66. The molecule has 0 amide bonds. The highest BCUT2D eigenvalue weighted by atomic mass is 35.5. The maximum atomic E-state index is 13.3. The van der Waals surface area contributed by atoms with Crippen molar-refractivity contribution in [1.29, 1.82) is 0 Å². The van der Waals surface area contributed by atoms with Gasteiger partial charge in [0.05, 0.1) is 5.56 Å². The smallest absolute Gasteiger partial charge is 0.250 e. The first kappa shape index (κ1) is 11.8. The largest absolute Gasteiger partial charge is 0.419 e. The van der Waals surface area contributed by atoms with Gasteiger partial charge in [0.25, 0.3) is 5.89 Å². The average Bonchev–Trinajstić information content (AvgIpc) is 2.79. The molecule has 0 saturated carbocycles. The summed E-state index contributed by atoms with van der Waals surface area (Å²) < 4.78 is 56.6. The fraction of sp³-hybridized carbons (Fsp3) is 0.111. The second-order valence-electron chi connectivity index (χ2n) is 2.98. The van der Waals surface area contributed by atoms with Crippen LogP contribution in [0.1, 0.15) is 5.89 Å². The standard InChI is InChI=1S/C9H3ClF4N2O/c10-2-5-15-16-9(17-5)3-1-4(11)7(13)8(14)6(3)12/h1H,2H2. The van der Waals surface area contributed by atoms with Gasteiger partial charge >= 0.3 is 0 Å². The molecule has 0 fully saturated rings. The third kappa shape index (κ3) is 1.97. The van der Waals surface area contributed by atoms with E-state index in [1.807, 2.05) is 0 Å². The molecule has 90 valence electrons. The topological polar surface area (TPSA) is 38.9 Å². The highest BCUT2D eigenvalue weighted by molar-refractivity contribution is 6.16. The zero-order chi connectivity index (χ0) is 12.6. The van der Waals surface area contributed by atoms with Crippen LogP contribution in [-0.4, -0.2) is 10.2 Å². The summed E-state index contributed by atoms with van der Waals surface area (Å²) in [4.78, 5) is 0. The summed E-state index contributed by atoms with van der Waals surface area (Å²) in [6.07, 6.45) is 0. The first-order valence-corrected chi connectivity index (χ1v) is 4.79. The molecule has 0 bridgehead atoms. The second kappa shape index (κ2) is 4.33. The van der Waals surface area contributed by atoms with Gasteiger partial charge in [-0.05, 0) is 6.07 Å². The number of rotatable bonds is 2. The van der Waals surface area contributed by atoms with Gasteiger partial charge in [0.1, 0.15) is 5.88 Å². The summed E-state index contributed by atoms with van der Waals surface area (Å²) >= 11 is 5.36. The molecule has 0 atom stereocenters. The van der Waals surface area contributed by atoms with Gasteiger partial charge in [0.15, 0.2) is 23.3 Å². The van der Waals surface area contributed by atoms with Crippen LogP contribution >= 0.6 is 11.6 Å². The summed E-state index contributed by atoms with van der Waals surface area (Å²) in [7, 11) is 0. The molecule has 0 unspecified atom stereocenters. The quantitative estimate of drug-likeness (QED) is 0.363. The summed E-state index contributed by atoms with van der Waals surface area (Å²) in [6.45, 7) is 0. The minimum absolute atomic E-state index is 0.0498. The Morgan fingerprint density at radius 2 is 1.76 bits per heavy atom. The molecule has 1 aromatic heterocycles. The van der Waals surface area contributed by atoms with Crippen LogP contribution in [0.3, 0.4) is 0 Å². The van der Waals surface area contributed by atoms with Crippen molar-refractivity contribution in [3.05, 3.63) is 35.2 Å². The summed E-state index contributed by atoms with van der Waals surface area (Å²) in [6, 6.07) is 0.430. The van der Waals surface area contributed by atoms with Crippen molar-refractivity contribution in [1.82, 2.24) is 10.2 Å². The lowest BCUT2D eigenvalue weighted by molar-refractivity contribution is 0.408. The lowest BCUT2D eigenvalue weighted by Gasteiger charge is -2.01. The number of hydrogen-bond donors (Lipinski definition) is 0. The molecule has 0 radical (unpaired) electrons. The Bertz CT molecular complexity index is 572. The van der Waals surface area contributed by atoms with Crippen molar-refractivity contribution in [2.45, 2.75) is 5.88 Å². The van der Waals surface area contributed by atoms with E-state index in [-0.39, 0.29) is 11.8 Å². The van der Waals surface area contributed by atoms with Crippen molar-refractivity contribution in [2.75, 3.05) is 0 Å². The molecule has 0 saturated heterocycles. The van der Waals surface area contributed by atoms with Gasteiger partial charge < -0.3 is 4.42 Å². The molecule has 17 heavy (non-hydrogen) atoms. The van der Waals surface area contributed by atoms with Crippen molar-refractivity contribution in [3.8, 4) is 11.5 Å². The lowest BCUT2D eigenvalue weighted by Crippen LogP contribution is -1.98. The Kier molecular flexibility index (Phi) is 3.01. The highest BCUT2D eigenvalue weighted by Gasteiger charge is 2.22. The SMILES string of the molecule is Fc1cc(-c2nnc(CCl)o2)c(F)c(F)c1F. The normalized spacial score (nSPS) is 10.9. The van der Waals surface area contributed by atoms with Gasteiger partial charge in [-0.15, -0.1) is 21.8 Å². The molecule has 0 N–H and O–H groups in total. The Morgan fingerprint density at radius 3 is 2.35 bits per heavy atom. The predicted molar refractivity (Wildman–Crippen MR) is 49.1 cm³/mol. The predicted octanol–water partition coefficient (Wildman–Crippen LogP) is 3.03. The molecule has 8 heteroatoms. The molecule has 1 aromatic carbocycles. The molecule has 0 spiro atoms. The van der Waals surface area contributed by atoms with Crippen molar-refractivity contribution in [3.63, 3.8) is 0 Å². The van der Waals surface area contributed by atoms with E-state index in [0.29, 0.717) is 6.07 Å². The summed E-state index contributed by atoms with van der Waals surface area (Å²) in [5, 5.41) is 6.71. The summed E-state index contributed by atoms with van der Waals surface area (Å²) in [5.41, 5.74) is -0.662. The van der Waals surface area contributed by atoms with Crippen molar-refractivity contribution < 1.29 is 22.0 Å². The van der Waals surface area contributed by atoms with Gasteiger partial charge in [-0.3, -0.25) is 0 Å². The number of aromatic nitrogens is 2. The van der Waals surface area contributed by atoms with Gasteiger partial charge in [-0.2, -0.15) is 0 Å². The monoisotopic (exact) mass is 266 g/mol. The van der Waals surface area contributed by atoms with E-state index in [1.165, 1.54) is 0 Å². The van der Waals surface area contributed by atoms with E-state index in [9.17, 15) is 17.6 Å². The molecule has 0 aliphatic heterocycles. The number of alkyl halides is 1. The fourth-order valence-electron chi connectivity index (χ4n) is 1.14. The van der Waals surface area contributed by atoms with Crippen molar-refractivity contribution >= 4 is 11.6 Å². The van der Waals surface area contributed by atoms with E-state index in [1.54, 1.807) is 0 Å². The molecular weight excluding hydrogens is 264 g/mol.